The number of isocyanates is 1. The van der Waals surface area contributed by atoms with E-state index < -0.39 is 17.2 Å². The minimum Gasteiger partial charge on any atom is -0.377 e. The first kappa shape index (κ1) is 13.7. The quantitative estimate of drug-likeness (QED) is 0.622. The zero-order valence-electron chi connectivity index (χ0n) is 11.0. The highest BCUT2D eigenvalue weighted by Gasteiger charge is 2.38. The number of anilines is 1. The number of benzene rings is 1. The van der Waals surface area contributed by atoms with E-state index in [0.29, 0.717) is 24.1 Å². The summed E-state index contributed by atoms with van der Waals surface area (Å²) in [4.78, 5) is 16.3. The minimum atomic E-state index is -0.909. The first-order valence-corrected chi connectivity index (χ1v) is 6.26. The highest BCUT2D eigenvalue weighted by Crippen LogP contribution is 2.46. The van der Waals surface area contributed by atoms with Gasteiger partial charge in [-0.2, -0.15) is 4.99 Å². The Kier molecular flexibility index (Phi) is 3.67. The van der Waals surface area contributed by atoms with Crippen molar-refractivity contribution in [2.75, 3.05) is 19.0 Å². The van der Waals surface area contributed by atoms with Crippen LogP contribution in [0.4, 0.5) is 14.5 Å². The van der Waals surface area contributed by atoms with Gasteiger partial charge in [0, 0.05) is 31.4 Å². The Balaban J connectivity index is 2.65. The molecule has 2 rings (SSSR count). The molecule has 0 heterocycles. The zero-order valence-corrected chi connectivity index (χ0v) is 11.0. The Bertz CT molecular complexity index is 530. The van der Waals surface area contributed by atoms with Crippen LogP contribution in [0.2, 0.25) is 0 Å². The van der Waals surface area contributed by atoms with Crippen LogP contribution in [0.15, 0.2) is 17.1 Å². The predicted octanol–water partition coefficient (Wildman–Crippen LogP) is 3.14. The van der Waals surface area contributed by atoms with E-state index in [9.17, 15) is 13.6 Å². The summed E-state index contributed by atoms with van der Waals surface area (Å²) in [6, 6.07) is 2.32. The second kappa shape index (κ2) is 5.10. The second-order valence-electron chi connectivity index (χ2n) is 5.12. The summed E-state index contributed by atoms with van der Waals surface area (Å²) in [5.74, 6) is -1.80. The van der Waals surface area contributed by atoms with Crippen molar-refractivity contribution in [2.24, 2.45) is 4.99 Å². The van der Waals surface area contributed by atoms with E-state index in [0.717, 1.165) is 25.0 Å². The first-order chi connectivity index (χ1) is 9.00. The van der Waals surface area contributed by atoms with Gasteiger partial charge < -0.3 is 4.90 Å². The predicted molar refractivity (Wildman–Crippen MR) is 69.0 cm³/mol. The van der Waals surface area contributed by atoms with Gasteiger partial charge in [-0.1, -0.05) is 12.8 Å². The summed E-state index contributed by atoms with van der Waals surface area (Å²) in [7, 11) is 3.51. The number of rotatable bonds is 3. The maximum Gasteiger partial charge on any atom is 0.235 e. The summed E-state index contributed by atoms with van der Waals surface area (Å²) in [6.45, 7) is 0. The number of halogens is 2. The molecule has 0 N–H and O–H groups in total. The number of carbonyl (C=O) groups excluding carboxylic acids is 1. The lowest BCUT2D eigenvalue weighted by molar-refractivity contribution is 0.446. The molecular weight excluding hydrogens is 250 g/mol. The van der Waals surface area contributed by atoms with Crippen molar-refractivity contribution >= 4 is 11.8 Å². The van der Waals surface area contributed by atoms with Crippen molar-refractivity contribution in [1.29, 1.82) is 0 Å². The molecule has 19 heavy (non-hydrogen) atoms. The maximum atomic E-state index is 13.6. The largest absolute Gasteiger partial charge is 0.377 e. The molecule has 102 valence electrons. The molecule has 0 aromatic heterocycles. The topological polar surface area (TPSA) is 32.7 Å². The summed E-state index contributed by atoms with van der Waals surface area (Å²) in [5, 5.41) is 0. The SMILES string of the molecule is CN(C)c1cc(F)c(F)cc1C1(N=C=O)CCCC1. The van der Waals surface area contributed by atoms with E-state index in [1.54, 1.807) is 25.1 Å². The van der Waals surface area contributed by atoms with E-state index in [4.69, 9.17) is 0 Å². The van der Waals surface area contributed by atoms with Crippen molar-refractivity contribution in [3.63, 3.8) is 0 Å². The van der Waals surface area contributed by atoms with Crippen molar-refractivity contribution in [2.45, 2.75) is 31.2 Å². The van der Waals surface area contributed by atoms with Crippen LogP contribution in [0.1, 0.15) is 31.2 Å². The first-order valence-electron chi connectivity index (χ1n) is 6.26. The molecule has 3 nitrogen and oxygen atoms in total. The lowest BCUT2D eigenvalue weighted by Crippen LogP contribution is -2.24. The van der Waals surface area contributed by atoms with Gasteiger partial charge in [-0.05, 0) is 18.9 Å². The van der Waals surface area contributed by atoms with Gasteiger partial charge in [0.2, 0.25) is 6.08 Å². The Hall–Kier alpha value is -1.74. The molecule has 0 radical (unpaired) electrons. The Morgan fingerprint density at radius 2 is 1.79 bits per heavy atom. The van der Waals surface area contributed by atoms with Crippen LogP contribution in [0, 0.1) is 11.6 Å². The van der Waals surface area contributed by atoms with E-state index >= 15 is 0 Å². The lowest BCUT2D eigenvalue weighted by atomic mass is 9.87. The highest BCUT2D eigenvalue weighted by atomic mass is 19.2. The van der Waals surface area contributed by atoms with Gasteiger partial charge in [-0.15, -0.1) is 0 Å². The summed E-state index contributed by atoms with van der Waals surface area (Å²) in [6.07, 6.45) is 4.74. The molecule has 1 aliphatic rings. The van der Waals surface area contributed by atoms with Gasteiger partial charge in [-0.3, -0.25) is 0 Å². The molecule has 0 saturated heterocycles. The Morgan fingerprint density at radius 1 is 1.21 bits per heavy atom. The molecule has 5 heteroatoms. The normalized spacial score (nSPS) is 17.1. The minimum absolute atomic E-state index is 0.555. The average molecular weight is 266 g/mol. The number of hydrogen-bond donors (Lipinski definition) is 0. The van der Waals surface area contributed by atoms with E-state index in [2.05, 4.69) is 4.99 Å². The van der Waals surface area contributed by atoms with E-state index in [1.807, 2.05) is 0 Å². The fourth-order valence-electron chi connectivity index (χ4n) is 2.77. The third kappa shape index (κ3) is 2.38. The standard InChI is InChI=1S/C14H16F2N2O/c1-18(2)13-8-12(16)11(15)7-10(13)14(17-9-19)5-3-4-6-14/h7-8H,3-6H2,1-2H3. The van der Waals surface area contributed by atoms with Crippen LogP contribution < -0.4 is 4.90 Å². The van der Waals surface area contributed by atoms with Crippen LogP contribution in [-0.2, 0) is 10.3 Å². The van der Waals surface area contributed by atoms with Gasteiger partial charge in [-0.25, -0.2) is 13.6 Å². The Labute approximate surface area is 110 Å². The van der Waals surface area contributed by atoms with Crippen molar-refractivity contribution < 1.29 is 13.6 Å². The molecule has 1 aromatic rings. The molecule has 1 aliphatic carbocycles. The van der Waals surface area contributed by atoms with Gasteiger partial charge in [0.1, 0.15) is 5.54 Å². The van der Waals surface area contributed by atoms with Crippen LogP contribution in [0.5, 0.6) is 0 Å². The van der Waals surface area contributed by atoms with E-state index in [1.165, 1.54) is 0 Å². The highest BCUT2D eigenvalue weighted by molar-refractivity contribution is 5.57. The fourth-order valence-corrected chi connectivity index (χ4v) is 2.77. The van der Waals surface area contributed by atoms with Gasteiger partial charge in [0.05, 0.1) is 0 Å². The van der Waals surface area contributed by atoms with Crippen molar-refractivity contribution in [3.05, 3.63) is 29.3 Å². The molecule has 1 aromatic carbocycles. The molecule has 0 aliphatic heterocycles. The van der Waals surface area contributed by atoms with Crippen LogP contribution >= 0.6 is 0 Å². The molecular formula is C14H16F2N2O. The summed E-state index contributed by atoms with van der Waals surface area (Å²) in [5.41, 5.74) is 0.368. The molecule has 0 bridgehead atoms. The molecule has 0 unspecified atom stereocenters. The van der Waals surface area contributed by atoms with Crippen molar-refractivity contribution in [3.8, 4) is 0 Å². The van der Waals surface area contributed by atoms with Crippen LogP contribution in [-0.4, -0.2) is 20.2 Å². The number of nitrogens with zero attached hydrogens (tertiary/aromatic N) is 2. The molecule has 1 saturated carbocycles. The smallest absolute Gasteiger partial charge is 0.235 e. The number of hydrogen-bond acceptors (Lipinski definition) is 3. The average Bonchev–Trinajstić information content (AvgIpc) is 2.82. The maximum absolute atomic E-state index is 13.6. The van der Waals surface area contributed by atoms with Gasteiger partial charge >= 0.3 is 0 Å². The molecule has 0 atom stereocenters. The lowest BCUT2D eigenvalue weighted by Gasteiger charge is -2.28. The zero-order chi connectivity index (χ0) is 14.0. The molecule has 1 fully saturated rings. The molecule has 0 amide bonds. The van der Waals surface area contributed by atoms with Gasteiger partial charge in [0.25, 0.3) is 0 Å². The third-order valence-corrected chi connectivity index (χ3v) is 3.71. The third-order valence-electron chi connectivity index (χ3n) is 3.71. The second-order valence-corrected chi connectivity index (χ2v) is 5.12. The summed E-state index contributed by atoms with van der Waals surface area (Å²) >= 11 is 0. The summed E-state index contributed by atoms with van der Waals surface area (Å²) < 4.78 is 27.0. The number of aliphatic imine (C=N–C) groups is 1. The van der Waals surface area contributed by atoms with E-state index in [-0.39, 0.29) is 0 Å². The van der Waals surface area contributed by atoms with Crippen LogP contribution in [0.3, 0.4) is 0 Å². The van der Waals surface area contributed by atoms with Crippen LogP contribution in [0.25, 0.3) is 0 Å². The fraction of sp³-hybridized carbons (Fsp3) is 0.500. The monoisotopic (exact) mass is 266 g/mol. The molecule has 0 spiro atoms. The van der Waals surface area contributed by atoms with Crippen molar-refractivity contribution in [1.82, 2.24) is 0 Å². The Morgan fingerprint density at radius 3 is 2.32 bits per heavy atom. The van der Waals surface area contributed by atoms with Gasteiger partial charge in [0.15, 0.2) is 11.6 Å².